The Kier molecular flexibility index (Phi) is 3.55. The van der Waals surface area contributed by atoms with Crippen LogP contribution in [-0.2, 0) is 6.54 Å². The Morgan fingerprint density at radius 3 is 2.75 bits per heavy atom. The molecule has 2 rings (SSSR count). The average Bonchev–Trinajstić information content (AvgIpc) is 2.97. The van der Waals surface area contributed by atoms with Gasteiger partial charge in [0.1, 0.15) is 5.69 Å². The lowest BCUT2D eigenvalue weighted by Crippen LogP contribution is -2.17. The molecule has 0 aromatic carbocycles. The molecule has 0 aliphatic rings. The van der Waals surface area contributed by atoms with E-state index >= 15 is 0 Å². The van der Waals surface area contributed by atoms with E-state index in [1.807, 2.05) is 6.92 Å². The zero-order valence-corrected chi connectivity index (χ0v) is 11.4. The van der Waals surface area contributed by atoms with Crippen molar-refractivity contribution in [3.05, 3.63) is 39.5 Å². The fourth-order valence-electron chi connectivity index (χ4n) is 1.96. The Labute approximate surface area is 114 Å². The molecule has 20 heavy (non-hydrogen) atoms. The molecule has 0 atom stereocenters. The summed E-state index contributed by atoms with van der Waals surface area (Å²) in [6.45, 7) is 5.84. The first-order valence-corrected chi connectivity index (χ1v) is 6.11. The minimum atomic E-state index is -0.517. The largest absolute Gasteiger partial charge is 0.337 e. The van der Waals surface area contributed by atoms with Crippen molar-refractivity contribution < 1.29 is 9.72 Å². The normalized spacial score (nSPS) is 10.6. The third kappa shape index (κ3) is 2.40. The number of H-pyrrole nitrogens is 1. The first kappa shape index (κ1) is 13.8. The summed E-state index contributed by atoms with van der Waals surface area (Å²) in [7, 11) is 0. The van der Waals surface area contributed by atoms with Crippen molar-refractivity contribution in [2.75, 3.05) is 5.32 Å². The maximum Gasteiger partial charge on any atom is 0.287 e. The molecular weight excluding hydrogens is 262 g/mol. The zero-order chi connectivity index (χ0) is 14.9. The second kappa shape index (κ2) is 5.16. The van der Waals surface area contributed by atoms with Gasteiger partial charge in [-0.25, -0.2) is 0 Å². The van der Waals surface area contributed by atoms with E-state index < -0.39 is 10.8 Å². The van der Waals surface area contributed by atoms with Crippen LogP contribution < -0.4 is 5.32 Å². The molecule has 2 aromatic heterocycles. The number of nitro groups is 1. The summed E-state index contributed by atoms with van der Waals surface area (Å²) in [5, 5.41) is 20.3. The smallest absolute Gasteiger partial charge is 0.287 e. The maximum absolute atomic E-state index is 12.2. The van der Waals surface area contributed by atoms with Gasteiger partial charge in [-0.1, -0.05) is 0 Å². The zero-order valence-electron chi connectivity index (χ0n) is 11.4. The summed E-state index contributed by atoms with van der Waals surface area (Å²) in [4.78, 5) is 22.5. The van der Waals surface area contributed by atoms with Crippen LogP contribution in [0.25, 0.3) is 0 Å². The van der Waals surface area contributed by atoms with E-state index in [1.165, 1.54) is 16.8 Å². The number of carbonyl (C=O) groups is 1. The molecule has 0 aliphatic carbocycles. The van der Waals surface area contributed by atoms with E-state index in [4.69, 9.17) is 0 Å². The van der Waals surface area contributed by atoms with Crippen molar-refractivity contribution in [1.82, 2.24) is 14.8 Å². The van der Waals surface area contributed by atoms with Crippen molar-refractivity contribution in [3.63, 3.8) is 0 Å². The van der Waals surface area contributed by atoms with Gasteiger partial charge in [0.25, 0.3) is 11.6 Å². The molecule has 0 aliphatic heterocycles. The Bertz CT molecular complexity index is 651. The number of amides is 1. The van der Waals surface area contributed by atoms with Crippen LogP contribution in [0.5, 0.6) is 0 Å². The second-order valence-corrected chi connectivity index (χ2v) is 4.39. The molecule has 8 heteroatoms. The second-order valence-electron chi connectivity index (χ2n) is 4.39. The highest BCUT2D eigenvalue weighted by molar-refractivity contribution is 6.04. The van der Waals surface area contributed by atoms with E-state index in [0.29, 0.717) is 17.9 Å². The van der Waals surface area contributed by atoms with Gasteiger partial charge in [0.15, 0.2) is 0 Å². The molecular formula is C12H15N5O3. The number of aryl methyl sites for hydroxylation is 3. The van der Waals surface area contributed by atoms with Crippen LogP contribution in [0, 0.1) is 24.0 Å². The summed E-state index contributed by atoms with van der Waals surface area (Å²) in [5.41, 5.74) is 2.15. The molecule has 0 bridgehead atoms. The van der Waals surface area contributed by atoms with Gasteiger partial charge in [-0.05, 0) is 20.8 Å². The molecule has 0 saturated carbocycles. The summed E-state index contributed by atoms with van der Waals surface area (Å²) >= 11 is 0. The van der Waals surface area contributed by atoms with Gasteiger partial charge in [-0.15, -0.1) is 0 Å². The molecule has 8 nitrogen and oxygen atoms in total. The Hall–Kier alpha value is -2.64. The highest BCUT2D eigenvalue weighted by Gasteiger charge is 2.20. The lowest BCUT2D eigenvalue weighted by Gasteiger charge is -2.07. The van der Waals surface area contributed by atoms with Gasteiger partial charge in [0, 0.05) is 12.6 Å². The van der Waals surface area contributed by atoms with Crippen LogP contribution >= 0.6 is 0 Å². The highest BCUT2D eigenvalue weighted by atomic mass is 16.6. The lowest BCUT2D eigenvalue weighted by atomic mass is 10.3. The predicted molar refractivity (Wildman–Crippen MR) is 72.8 cm³/mol. The number of anilines is 1. The van der Waals surface area contributed by atoms with Crippen LogP contribution in [0.2, 0.25) is 0 Å². The van der Waals surface area contributed by atoms with Crippen LogP contribution in [-0.4, -0.2) is 25.6 Å². The summed E-state index contributed by atoms with van der Waals surface area (Å²) in [6.07, 6.45) is 1.35. The Morgan fingerprint density at radius 2 is 2.25 bits per heavy atom. The predicted octanol–water partition coefficient (Wildman–Crippen LogP) is 2.01. The number of carbonyl (C=O) groups excluding carboxylic acids is 1. The Balaban J connectivity index is 2.32. The first-order chi connectivity index (χ1) is 9.43. The maximum atomic E-state index is 12.2. The molecule has 2 N–H and O–H groups in total. The monoisotopic (exact) mass is 277 g/mol. The van der Waals surface area contributed by atoms with E-state index in [2.05, 4.69) is 15.5 Å². The SMILES string of the molecule is CCn1cc([N+](=O)[O-])cc1C(=O)Nc1c(C)n[nH]c1C. The van der Waals surface area contributed by atoms with Gasteiger partial charge >= 0.3 is 0 Å². The number of nitrogens with zero attached hydrogens (tertiary/aromatic N) is 3. The van der Waals surface area contributed by atoms with Crippen molar-refractivity contribution >= 4 is 17.3 Å². The molecule has 0 spiro atoms. The minimum Gasteiger partial charge on any atom is -0.337 e. The van der Waals surface area contributed by atoms with Crippen LogP contribution in [0.4, 0.5) is 11.4 Å². The van der Waals surface area contributed by atoms with Crippen LogP contribution in [0.15, 0.2) is 12.3 Å². The number of rotatable bonds is 4. The van der Waals surface area contributed by atoms with Gasteiger partial charge in [-0.2, -0.15) is 5.10 Å². The fourth-order valence-corrected chi connectivity index (χ4v) is 1.96. The summed E-state index contributed by atoms with van der Waals surface area (Å²) in [6, 6.07) is 1.27. The average molecular weight is 277 g/mol. The molecule has 0 saturated heterocycles. The molecule has 0 fully saturated rings. The van der Waals surface area contributed by atoms with E-state index in [1.54, 1.807) is 13.8 Å². The molecule has 0 radical (unpaired) electrons. The fraction of sp³-hybridized carbons (Fsp3) is 0.333. The van der Waals surface area contributed by atoms with Crippen molar-refractivity contribution in [2.45, 2.75) is 27.3 Å². The van der Waals surface area contributed by atoms with Crippen LogP contribution in [0.1, 0.15) is 28.8 Å². The summed E-state index contributed by atoms with van der Waals surface area (Å²) < 4.78 is 1.54. The van der Waals surface area contributed by atoms with E-state index in [0.717, 1.165) is 5.69 Å². The molecule has 2 heterocycles. The molecule has 0 unspecified atom stereocenters. The van der Waals surface area contributed by atoms with Crippen molar-refractivity contribution in [1.29, 1.82) is 0 Å². The van der Waals surface area contributed by atoms with Crippen LogP contribution in [0.3, 0.4) is 0 Å². The number of aromatic nitrogens is 3. The number of hydrogen-bond donors (Lipinski definition) is 2. The quantitative estimate of drug-likeness (QED) is 0.658. The van der Waals surface area contributed by atoms with E-state index in [-0.39, 0.29) is 11.4 Å². The van der Waals surface area contributed by atoms with Gasteiger partial charge in [0.05, 0.1) is 28.2 Å². The van der Waals surface area contributed by atoms with Gasteiger partial charge in [0.2, 0.25) is 0 Å². The molecule has 106 valence electrons. The standard InChI is InChI=1S/C12H15N5O3/c1-4-16-6-9(17(19)20)5-10(16)12(18)13-11-7(2)14-15-8(11)3/h5-6H,4H2,1-3H3,(H,13,18)(H,14,15). The van der Waals surface area contributed by atoms with Gasteiger partial charge < -0.3 is 9.88 Å². The minimum absolute atomic E-state index is 0.0994. The van der Waals surface area contributed by atoms with Gasteiger partial charge in [-0.3, -0.25) is 20.0 Å². The number of hydrogen-bond acceptors (Lipinski definition) is 4. The van der Waals surface area contributed by atoms with Crippen molar-refractivity contribution in [3.8, 4) is 0 Å². The number of aromatic amines is 1. The summed E-state index contributed by atoms with van der Waals surface area (Å²) in [5.74, 6) is -0.396. The van der Waals surface area contributed by atoms with Crippen molar-refractivity contribution in [2.24, 2.45) is 0 Å². The number of nitrogens with one attached hydrogen (secondary N) is 2. The highest BCUT2D eigenvalue weighted by Crippen LogP contribution is 2.20. The third-order valence-electron chi connectivity index (χ3n) is 3.03. The lowest BCUT2D eigenvalue weighted by molar-refractivity contribution is -0.384. The van der Waals surface area contributed by atoms with E-state index in [9.17, 15) is 14.9 Å². The molecule has 2 aromatic rings. The third-order valence-corrected chi connectivity index (χ3v) is 3.03. The molecule has 1 amide bonds. The topological polar surface area (TPSA) is 106 Å². The first-order valence-electron chi connectivity index (χ1n) is 6.11. The Morgan fingerprint density at radius 1 is 1.55 bits per heavy atom.